The van der Waals surface area contributed by atoms with Crippen LogP contribution in [0.4, 0.5) is 5.69 Å². The van der Waals surface area contributed by atoms with Crippen molar-refractivity contribution < 1.29 is 25.8 Å². The minimum Gasteiger partial charge on any atom is -0.503 e. The van der Waals surface area contributed by atoms with Gasteiger partial charge in [-0.15, -0.1) is 41.3 Å². The van der Waals surface area contributed by atoms with Crippen LogP contribution < -0.4 is 9.64 Å². The van der Waals surface area contributed by atoms with Gasteiger partial charge in [-0.2, -0.15) is 6.07 Å². The minimum atomic E-state index is 0. The van der Waals surface area contributed by atoms with Gasteiger partial charge >= 0.3 is 0 Å². The Bertz CT molecular complexity index is 1810. The van der Waals surface area contributed by atoms with Crippen molar-refractivity contribution in [3.8, 4) is 28.4 Å². The van der Waals surface area contributed by atoms with E-state index in [9.17, 15) is 0 Å². The summed E-state index contributed by atoms with van der Waals surface area (Å²) < 4.78 is 8.54. The van der Waals surface area contributed by atoms with E-state index in [1.165, 1.54) is 5.56 Å². The van der Waals surface area contributed by atoms with Crippen LogP contribution >= 0.6 is 0 Å². The molecule has 2 aromatic heterocycles. The van der Waals surface area contributed by atoms with Crippen LogP contribution in [0.2, 0.25) is 0 Å². The average molecular weight is 705 g/mol. The molecule has 4 nitrogen and oxygen atoms in total. The molecule has 0 spiro atoms. The van der Waals surface area contributed by atoms with E-state index in [2.05, 4.69) is 123 Å². The average Bonchev–Trinajstić information content (AvgIpc) is 3.26. The monoisotopic (exact) mass is 704 g/mol. The number of pyridine rings is 1. The van der Waals surface area contributed by atoms with Gasteiger partial charge in [-0.25, -0.2) is 4.98 Å². The Hall–Kier alpha value is -3.88. The number of ether oxygens (including phenoxy) is 1. The van der Waals surface area contributed by atoms with Crippen molar-refractivity contribution in [2.45, 2.75) is 26.2 Å². The van der Waals surface area contributed by atoms with Gasteiger partial charge in [0.25, 0.3) is 0 Å². The number of nitrogens with zero attached hydrogens (tertiary/aromatic N) is 3. The van der Waals surface area contributed by atoms with Crippen molar-refractivity contribution in [3.63, 3.8) is 0 Å². The predicted molar refractivity (Wildman–Crippen MR) is 161 cm³/mol. The second kappa shape index (κ2) is 10.9. The van der Waals surface area contributed by atoms with Crippen molar-refractivity contribution in [2.24, 2.45) is 0 Å². The fourth-order valence-electron chi connectivity index (χ4n) is 5.05. The SMILES string of the molecule is CN(C)c1ccccc1-c1[c-]c(Oc2[c-]c3c(cc2)c2ccccc2n3-c2cc(C(C)(C)C)ccn2)ccc1.[Pt]. The summed E-state index contributed by atoms with van der Waals surface area (Å²) in [5.74, 6) is 2.15. The molecule has 0 aliphatic rings. The quantitative estimate of drug-likeness (QED) is 0.169. The molecular formula is C35H31N3OPt-2. The normalized spacial score (nSPS) is 11.4. The molecule has 0 saturated carbocycles. The molecule has 204 valence electrons. The van der Waals surface area contributed by atoms with Crippen LogP contribution in [-0.4, -0.2) is 23.6 Å². The Labute approximate surface area is 250 Å². The van der Waals surface area contributed by atoms with Crippen LogP contribution in [0, 0.1) is 12.1 Å². The largest absolute Gasteiger partial charge is 0.503 e. The van der Waals surface area contributed by atoms with E-state index in [0.29, 0.717) is 11.5 Å². The van der Waals surface area contributed by atoms with E-state index in [1.54, 1.807) is 0 Å². The zero-order valence-corrected chi connectivity index (χ0v) is 25.6. The summed E-state index contributed by atoms with van der Waals surface area (Å²) in [4.78, 5) is 6.88. The second-order valence-electron chi connectivity index (χ2n) is 11.0. The van der Waals surface area contributed by atoms with Gasteiger partial charge in [0, 0.05) is 64.1 Å². The van der Waals surface area contributed by atoms with E-state index < -0.39 is 0 Å². The number of rotatable bonds is 5. The van der Waals surface area contributed by atoms with Crippen LogP contribution in [0.15, 0.2) is 97.2 Å². The van der Waals surface area contributed by atoms with Gasteiger partial charge in [-0.05, 0) is 40.6 Å². The number of aromatic nitrogens is 2. The maximum absolute atomic E-state index is 6.36. The molecular weight excluding hydrogens is 673 g/mol. The molecule has 0 bridgehead atoms. The van der Waals surface area contributed by atoms with Crippen molar-refractivity contribution in [2.75, 3.05) is 19.0 Å². The summed E-state index contributed by atoms with van der Waals surface area (Å²) in [6.07, 6.45) is 1.89. The Morgan fingerprint density at radius 1 is 0.775 bits per heavy atom. The standard InChI is InChI=1S/C35H31N3O.Pt/c1-35(2,3)25-19-20-36-34(22-25)38-32-16-9-7-14-29(32)30-18-17-27(23-33(30)38)39-26-12-10-11-24(21-26)28-13-6-8-15-31(28)37(4)5;/h6-20,22H,1-5H3;/q-2;. The van der Waals surface area contributed by atoms with Crippen molar-refractivity contribution >= 4 is 27.5 Å². The Morgan fingerprint density at radius 2 is 1.52 bits per heavy atom. The third-order valence-electron chi connectivity index (χ3n) is 7.06. The molecule has 0 atom stereocenters. The van der Waals surface area contributed by atoms with Crippen LogP contribution in [0.1, 0.15) is 26.3 Å². The second-order valence-corrected chi connectivity index (χ2v) is 11.0. The summed E-state index contributed by atoms with van der Waals surface area (Å²) in [5, 5.41) is 2.27. The smallest absolute Gasteiger partial charge is 0.135 e. The van der Waals surface area contributed by atoms with Crippen molar-refractivity contribution in [3.05, 3.63) is 115 Å². The number of hydrogen-bond donors (Lipinski definition) is 0. The summed E-state index contributed by atoms with van der Waals surface area (Å²) in [5.41, 5.74) is 6.49. The summed E-state index contributed by atoms with van der Waals surface area (Å²) >= 11 is 0. The molecule has 6 aromatic rings. The zero-order valence-electron chi connectivity index (χ0n) is 23.3. The van der Waals surface area contributed by atoms with E-state index in [1.807, 2.05) is 30.5 Å². The first-order chi connectivity index (χ1) is 18.8. The van der Waals surface area contributed by atoms with Gasteiger partial charge in [0.2, 0.25) is 0 Å². The molecule has 5 heteroatoms. The molecule has 0 unspecified atom stereocenters. The van der Waals surface area contributed by atoms with Gasteiger partial charge in [0.15, 0.2) is 0 Å². The Kier molecular flexibility index (Phi) is 7.57. The van der Waals surface area contributed by atoms with Gasteiger partial charge in [-0.3, -0.25) is 0 Å². The summed E-state index contributed by atoms with van der Waals surface area (Å²) in [7, 11) is 4.10. The first-order valence-corrected chi connectivity index (χ1v) is 13.2. The molecule has 2 heterocycles. The van der Waals surface area contributed by atoms with E-state index in [-0.39, 0.29) is 26.5 Å². The topological polar surface area (TPSA) is 30.3 Å². The minimum absolute atomic E-state index is 0. The van der Waals surface area contributed by atoms with E-state index >= 15 is 0 Å². The number of hydrogen-bond acceptors (Lipinski definition) is 3. The van der Waals surface area contributed by atoms with Crippen LogP contribution in [-0.2, 0) is 26.5 Å². The van der Waals surface area contributed by atoms with E-state index in [4.69, 9.17) is 9.72 Å². The maximum Gasteiger partial charge on any atom is 0.135 e. The summed E-state index contributed by atoms with van der Waals surface area (Å²) in [6, 6.07) is 38.1. The third kappa shape index (κ3) is 5.17. The number of anilines is 1. The Balaban J connectivity index is 0.00000323. The maximum atomic E-state index is 6.36. The molecule has 4 aromatic carbocycles. The number of fused-ring (bicyclic) bond motifs is 3. The Morgan fingerprint density at radius 3 is 2.33 bits per heavy atom. The zero-order chi connectivity index (χ0) is 27.1. The molecule has 0 N–H and O–H groups in total. The van der Waals surface area contributed by atoms with Gasteiger partial charge in [0.1, 0.15) is 5.82 Å². The molecule has 0 amide bonds. The van der Waals surface area contributed by atoms with Crippen molar-refractivity contribution in [1.29, 1.82) is 0 Å². The first-order valence-electron chi connectivity index (χ1n) is 13.2. The molecule has 0 fully saturated rings. The van der Waals surface area contributed by atoms with E-state index in [0.717, 1.165) is 44.4 Å². The van der Waals surface area contributed by atoms with Crippen LogP contribution in [0.3, 0.4) is 0 Å². The van der Waals surface area contributed by atoms with Gasteiger partial charge in [0.05, 0.1) is 0 Å². The number of para-hydroxylation sites is 2. The molecule has 6 rings (SSSR count). The molecule has 0 aliphatic heterocycles. The number of benzene rings is 4. The fourth-order valence-corrected chi connectivity index (χ4v) is 5.05. The first kappa shape index (κ1) is 27.7. The molecule has 0 saturated heterocycles. The fraction of sp³-hybridized carbons (Fsp3) is 0.171. The van der Waals surface area contributed by atoms with Crippen molar-refractivity contribution in [1.82, 2.24) is 9.55 Å². The molecule has 40 heavy (non-hydrogen) atoms. The summed E-state index contributed by atoms with van der Waals surface area (Å²) in [6.45, 7) is 6.66. The van der Waals surface area contributed by atoms with Gasteiger partial charge in [-0.1, -0.05) is 74.3 Å². The molecule has 0 aliphatic carbocycles. The molecule has 0 radical (unpaired) electrons. The van der Waals surface area contributed by atoms with Crippen LogP contribution in [0.25, 0.3) is 38.8 Å². The van der Waals surface area contributed by atoms with Crippen LogP contribution in [0.5, 0.6) is 11.5 Å². The van der Waals surface area contributed by atoms with Gasteiger partial charge < -0.3 is 14.2 Å². The third-order valence-corrected chi connectivity index (χ3v) is 7.06. The predicted octanol–water partition coefficient (Wildman–Crippen LogP) is 8.60.